The second-order valence-corrected chi connectivity index (χ2v) is 5.80. The molecule has 23 heavy (non-hydrogen) atoms. The van der Waals surface area contributed by atoms with E-state index in [1.165, 1.54) is 19.3 Å². The molecule has 0 bridgehead atoms. The van der Waals surface area contributed by atoms with Gasteiger partial charge in [0.05, 0.1) is 6.20 Å². The van der Waals surface area contributed by atoms with Crippen molar-refractivity contribution < 1.29 is 9.53 Å². The Morgan fingerprint density at radius 3 is 2.96 bits per heavy atom. The van der Waals surface area contributed by atoms with Gasteiger partial charge in [-0.05, 0) is 22.0 Å². The number of anilines is 1. The van der Waals surface area contributed by atoms with Crippen molar-refractivity contribution in [3.8, 4) is 11.5 Å². The van der Waals surface area contributed by atoms with Crippen LogP contribution in [0.2, 0.25) is 5.02 Å². The Kier molecular flexibility index (Phi) is 4.18. The third-order valence-electron chi connectivity index (χ3n) is 3.01. The summed E-state index contributed by atoms with van der Waals surface area (Å²) in [5.41, 5.74) is 1.18. The van der Waals surface area contributed by atoms with Gasteiger partial charge in [0.1, 0.15) is 22.1 Å². The molecule has 3 heterocycles. The van der Waals surface area contributed by atoms with Gasteiger partial charge in [0, 0.05) is 26.2 Å². The fourth-order valence-electron chi connectivity index (χ4n) is 2.01. The molecule has 0 atom stereocenters. The van der Waals surface area contributed by atoms with Crippen LogP contribution in [-0.2, 0) is 11.8 Å². The molecular weight excluding hydrogens is 386 g/mol. The van der Waals surface area contributed by atoms with E-state index >= 15 is 0 Å². The average Bonchev–Trinajstić information content (AvgIpc) is 2.78. The standard InChI is InChI=1S/C14H11BrClN5O2/c1-7(22)19-10-5-8(3-4-17-10)23-9-6-18-13-12(11(9)16)21(2)14(15)20-13/h3-6H,1-2H3,(H,17,19,22). The number of nitrogens with zero attached hydrogens (tertiary/aromatic N) is 4. The lowest BCUT2D eigenvalue weighted by Gasteiger charge is -2.09. The maximum Gasteiger partial charge on any atom is 0.222 e. The number of ether oxygens (including phenoxy) is 1. The largest absolute Gasteiger partial charge is 0.454 e. The Labute approximate surface area is 144 Å². The van der Waals surface area contributed by atoms with E-state index in [0.29, 0.717) is 38.2 Å². The third-order valence-corrected chi connectivity index (χ3v) is 4.09. The van der Waals surface area contributed by atoms with E-state index in [-0.39, 0.29) is 5.91 Å². The zero-order chi connectivity index (χ0) is 16.6. The van der Waals surface area contributed by atoms with Crippen LogP contribution in [0.3, 0.4) is 0 Å². The number of pyridine rings is 2. The molecule has 0 spiro atoms. The summed E-state index contributed by atoms with van der Waals surface area (Å²) < 4.78 is 8.15. The van der Waals surface area contributed by atoms with Gasteiger partial charge < -0.3 is 14.6 Å². The number of amides is 1. The molecule has 0 fully saturated rings. The fraction of sp³-hybridized carbons (Fsp3) is 0.143. The van der Waals surface area contributed by atoms with Crippen molar-refractivity contribution in [1.29, 1.82) is 0 Å². The highest BCUT2D eigenvalue weighted by Crippen LogP contribution is 2.35. The van der Waals surface area contributed by atoms with E-state index in [4.69, 9.17) is 16.3 Å². The van der Waals surface area contributed by atoms with E-state index in [2.05, 4.69) is 36.2 Å². The number of imidazole rings is 1. The summed E-state index contributed by atoms with van der Waals surface area (Å²) >= 11 is 9.73. The predicted molar refractivity (Wildman–Crippen MR) is 89.8 cm³/mol. The van der Waals surface area contributed by atoms with Crippen molar-refractivity contribution in [2.45, 2.75) is 6.92 Å². The molecule has 7 nitrogen and oxygen atoms in total. The summed E-state index contributed by atoms with van der Waals surface area (Å²) in [6, 6.07) is 3.26. The van der Waals surface area contributed by atoms with Crippen LogP contribution in [0.1, 0.15) is 6.92 Å². The molecule has 118 valence electrons. The number of hydrogen-bond acceptors (Lipinski definition) is 5. The number of hydrogen-bond donors (Lipinski definition) is 1. The summed E-state index contributed by atoms with van der Waals surface area (Å²) in [6.07, 6.45) is 3.03. The molecule has 1 N–H and O–H groups in total. The summed E-state index contributed by atoms with van der Waals surface area (Å²) in [6.45, 7) is 1.41. The molecule has 0 saturated carbocycles. The van der Waals surface area contributed by atoms with Crippen molar-refractivity contribution in [2.24, 2.45) is 7.05 Å². The molecule has 1 amide bonds. The molecule has 3 rings (SSSR count). The number of aryl methyl sites for hydroxylation is 1. The SMILES string of the molecule is CC(=O)Nc1cc(Oc2cnc3nc(Br)n(C)c3c2Cl)ccn1. The molecule has 0 unspecified atom stereocenters. The van der Waals surface area contributed by atoms with Gasteiger partial charge in [0.2, 0.25) is 5.91 Å². The first kappa shape index (κ1) is 15.7. The fourth-order valence-corrected chi connectivity index (χ4v) is 2.65. The van der Waals surface area contributed by atoms with Crippen molar-refractivity contribution in [2.75, 3.05) is 5.32 Å². The number of fused-ring (bicyclic) bond motifs is 1. The number of carbonyl (C=O) groups excluding carboxylic acids is 1. The Morgan fingerprint density at radius 2 is 2.22 bits per heavy atom. The first-order chi connectivity index (χ1) is 11.0. The molecule has 0 aromatic carbocycles. The lowest BCUT2D eigenvalue weighted by atomic mass is 10.4. The molecule has 0 saturated heterocycles. The highest BCUT2D eigenvalue weighted by Gasteiger charge is 2.15. The van der Waals surface area contributed by atoms with Crippen LogP contribution in [-0.4, -0.2) is 25.4 Å². The number of halogens is 2. The molecule has 0 aliphatic heterocycles. The van der Waals surface area contributed by atoms with Gasteiger partial charge in [-0.15, -0.1) is 0 Å². The van der Waals surface area contributed by atoms with Crippen molar-refractivity contribution in [1.82, 2.24) is 19.5 Å². The molecular formula is C14H11BrClN5O2. The van der Waals surface area contributed by atoms with Crippen LogP contribution in [0.5, 0.6) is 11.5 Å². The van der Waals surface area contributed by atoms with E-state index < -0.39 is 0 Å². The highest BCUT2D eigenvalue weighted by atomic mass is 79.9. The molecule has 0 aliphatic rings. The van der Waals surface area contributed by atoms with Crippen LogP contribution >= 0.6 is 27.5 Å². The molecule has 3 aromatic heterocycles. The van der Waals surface area contributed by atoms with Gasteiger partial charge in [-0.25, -0.2) is 15.0 Å². The van der Waals surface area contributed by atoms with Crippen molar-refractivity contribution in [3.05, 3.63) is 34.3 Å². The number of nitrogens with one attached hydrogen (secondary N) is 1. The molecule has 0 radical (unpaired) electrons. The smallest absolute Gasteiger partial charge is 0.222 e. The minimum absolute atomic E-state index is 0.212. The summed E-state index contributed by atoms with van der Waals surface area (Å²) in [7, 11) is 1.82. The van der Waals surface area contributed by atoms with Gasteiger partial charge >= 0.3 is 0 Å². The molecule has 3 aromatic rings. The number of rotatable bonds is 3. The van der Waals surface area contributed by atoms with Gasteiger partial charge in [-0.1, -0.05) is 11.6 Å². The van der Waals surface area contributed by atoms with E-state index in [9.17, 15) is 4.79 Å². The van der Waals surface area contributed by atoms with Crippen molar-refractivity contribution >= 4 is 50.4 Å². The van der Waals surface area contributed by atoms with Crippen LogP contribution in [0.25, 0.3) is 11.2 Å². The number of aromatic nitrogens is 4. The van der Waals surface area contributed by atoms with E-state index in [0.717, 1.165) is 0 Å². The van der Waals surface area contributed by atoms with Crippen LogP contribution in [0, 0.1) is 0 Å². The Balaban J connectivity index is 1.97. The summed E-state index contributed by atoms with van der Waals surface area (Å²) in [4.78, 5) is 23.6. The monoisotopic (exact) mass is 395 g/mol. The second-order valence-electron chi connectivity index (χ2n) is 4.71. The van der Waals surface area contributed by atoms with Gasteiger partial charge in [0.25, 0.3) is 0 Å². The lowest BCUT2D eigenvalue weighted by molar-refractivity contribution is -0.114. The first-order valence-electron chi connectivity index (χ1n) is 6.53. The Bertz CT molecular complexity index is 912. The third kappa shape index (κ3) is 3.13. The maximum absolute atomic E-state index is 11.1. The minimum atomic E-state index is -0.212. The zero-order valence-corrected chi connectivity index (χ0v) is 14.5. The average molecular weight is 397 g/mol. The topological polar surface area (TPSA) is 81.9 Å². The van der Waals surface area contributed by atoms with Gasteiger partial charge in [-0.2, -0.15) is 0 Å². The maximum atomic E-state index is 11.1. The molecule has 9 heteroatoms. The molecule has 0 aliphatic carbocycles. The van der Waals surface area contributed by atoms with Crippen molar-refractivity contribution in [3.63, 3.8) is 0 Å². The summed E-state index contributed by atoms with van der Waals surface area (Å²) in [5, 5.41) is 2.99. The minimum Gasteiger partial charge on any atom is -0.454 e. The van der Waals surface area contributed by atoms with E-state index in [1.54, 1.807) is 16.7 Å². The first-order valence-corrected chi connectivity index (χ1v) is 7.70. The van der Waals surface area contributed by atoms with Crippen LogP contribution < -0.4 is 10.1 Å². The van der Waals surface area contributed by atoms with E-state index in [1.807, 2.05) is 7.05 Å². The normalized spacial score (nSPS) is 10.8. The highest BCUT2D eigenvalue weighted by molar-refractivity contribution is 9.10. The number of carbonyl (C=O) groups is 1. The Morgan fingerprint density at radius 1 is 1.43 bits per heavy atom. The van der Waals surface area contributed by atoms with Crippen LogP contribution in [0.4, 0.5) is 5.82 Å². The lowest BCUT2D eigenvalue weighted by Crippen LogP contribution is -2.07. The quantitative estimate of drug-likeness (QED) is 0.732. The van der Waals surface area contributed by atoms with Gasteiger partial charge in [0.15, 0.2) is 16.1 Å². The zero-order valence-electron chi connectivity index (χ0n) is 12.2. The van der Waals surface area contributed by atoms with Crippen LogP contribution in [0.15, 0.2) is 29.3 Å². The summed E-state index contributed by atoms with van der Waals surface area (Å²) in [5.74, 6) is 1.04. The predicted octanol–water partition coefficient (Wildman–Crippen LogP) is 3.53. The van der Waals surface area contributed by atoms with Gasteiger partial charge in [-0.3, -0.25) is 4.79 Å². The Hall–Kier alpha value is -2.19. The second kappa shape index (κ2) is 6.13.